The summed E-state index contributed by atoms with van der Waals surface area (Å²) in [5, 5.41) is 3.20. The number of cyclic esters (lactones) is 1. The summed E-state index contributed by atoms with van der Waals surface area (Å²) in [6, 6.07) is 6.92. The number of alkyl carbamates (subject to hydrolysis) is 1. The van der Waals surface area contributed by atoms with Crippen molar-refractivity contribution in [1.82, 2.24) is 5.32 Å². The monoisotopic (exact) mass is 209 g/mol. The molecule has 14 heavy (non-hydrogen) atoms. The number of halogens is 1. The van der Waals surface area contributed by atoms with Gasteiger partial charge in [-0.2, -0.15) is 0 Å². The first-order valence-electron chi connectivity index (χ1n) is 4.10. The zero-order chi connectivity index (χ0) is 10.1. The average molecular weight is 210 g/mol. The van der Waals surface area contributed by atoms with E-state index in [1.54, 1.807) is 6.07 Å². The van der Waals surface area contributed by atoms with E-state index in [1.165, 1.54) is 0 Å². The fourth-order valence-corrected chi connectivity index (χ4v) is 1.61. The van der Waals surface area contributed by atoms with E-state index in [0.717, 1.165) is 5.56 Å². The molecule has 0 aromatic heterocycles. The smallest absolute Gasteiger partial charge is 0.413 e. The van der Waals surface area contributed by atoms with E-state index < -0.39 is 6.09 Å². The molecule has 1 amide bonds. The van der Waals surface area contributed by atoms with Gasteiger partial charge in [0.1, 0.15) is 11.8 Å². The highest BCUT2D eigenvalue weighted by Gasteiger charge is 2.29. The minimum Gasteiger partial charge on any atom is -0.413 e. The third-order valence-electron chi connectivity index (χ3n) is 2.02. The van der Waals surface area contributed by atoms with Crippen molar-refractivity contribution < 1.29 is 9.53 Å². The Morgan fingerprint density at radius 1 is 1.43 bits per heavy atom. The third-order valence-corrected chi connectivity index (χ3v) is 2.37. The molecule has 1 N–H and O–H groups in total. The van der Waals surface area contributed by atoms with Gasteiger partial charge in [-0.15, -0.1) is 0 Å². The van der Waals surface area contributed by atoms with E-state index in [9.17, 15) is 4.79 Å². The average Bonchev–Trinajstić information content (AvgIpc) is 2.46. The second-order valence-corrected chi connectivity index (χ2v) is 3.36. The molecule has 1 atom stereocenters. The maximum Gasteiger partial charge on any atom is 0.413 e. The predicted molar refractivity (Wildman–Crippen MR) is 52.9 cm³/mol. The van der Waals surface area contributed by atoms with E-state index >= 15 is 0 Å². The molecule has 1 unspecified atom stereocenters. The molecule has 3 nitrogen and oxygen atoms in total. The molecule has 1 aliphatic heterocycles. The van der Waals surface area contributed by atoms with Crippen LogP contribution in [0.25, 0.3) is 0 Å². The Balaban J connectivity index is 2.36. The van der Waals surface area contributed by atoms with Gasteiger partial charge in [0, 0.05) is 10.6 Å². The molecule has 0 aliphatic carbocycles. The number of amides is 1. The molecule has 1 aromatic rings. The van der Waals surface area contributed by atoms with E-state index in [4.69, 9.17) is 16.3 Å². The molecular weight excluding hydrogens is 202 g/mol. The predicted octanol–water partition coefficient (Wildman–Crippen LogP) is 2.63. The summed E-state index contributed by atoms with van der Waals surface area (Å²) in [6.45, 7) is 3.64. The molecular formula is C10H8ClNO2. The van der Waals surface area contributed by atoms with Crippen LogP contribution < -0.4 is 5.32 Å². The molecule has 2 rings (SSSR count). The first-order valence-corrected chi connectivity index (χ1v) is 4.48. The molecule has 0 radical (unpaired) electrons. The van der Waals surface area contributed by atoms with Crippen molar-refractivity contribution in [1.29, 1.82) is 0 Å². The highest BCUT2D eigenvalue weighted by Crippen LogP contribution is 2.31. The van der Waals surface area contributed by atoms with Crippen LogP contribution in [-0.2, 0) is 4.74 Å². The highest BCUT2D eigenvalue weighted by molar-refractivity contribution is 6.31. The van der Waals surface area contributed by atoms with Crippen molar-refractivity contribution in [3.8, 4) is 0 Å². The molecule has 0 bridgehead atoms. The van der Waals surface area contributed by atoms with Crippen molar-refractivity contribution >= 4 is 17.7 Å². The third kappa shape index (κ3) is 1.46. The van der Waals surface area contributed by atoms with Crippen molar-refractivity contribution in [2.45, 2.75) is 6.04 Å². The van der Waals surface area contributed by atoms with Gasteiger partial charge in [-0.05, 0) is 6.07 Å². The summed E-state index contributed by atoms with van der Waals surface area (Å²) in [5.74, 6) is 0.378. The zero-order valence-electron chi connectivity index (χ0n) is 7.29. The van der Waals surface area contributed by atoms with E-state index in [-0.39, 0.29) is 6.04 Å². The number of hydrogen-bond donors (Lipinski definition) is 1. The normalized spacial score (nSPS) is 20.5. The number of hydrogen-bond acceptors (Lipinski definition) is 2. The summed E-state index contributed by atoms with van der Waals surface area (Å²) >= 11 is 5.97. The fourth-order valence-electron chi connectivity index (χ4n) is 1.37. The lowest BCUT2D eigenvalue weighted by Gasteiger charge is -2.09. The number of benzene rings is 1. The van der Waals surface area contributed by atoms with Crippen LogP contribution >= 0.6 is 11.6 Å². The van der Waals surface area contributed by atoms with E-state index in [1.807, 2.05) is 18.2 Å². The van der Waals surface area contributed by atoms with Gasteiger partial charge >= 0.3 is 6.09 Å². The Hall–Kier alpha value is -1.48. The van der Waals surface area contributed by atoms with Gasteiger partial charge < -0.3 is 10.1 Å². The zero-order valence-corrected chi connectivity index (χ0v) is 8.04. The number of rotatable bonds is 1. The largest absolute Gasteiger partial charge is 0.413 e. The minimum absolute atomic E-state index is 0.337. The van der Waals surface area contributed by atoms with Crippen molar-refractivity contribution in [3.63, 3.8) is 0 Å². The standard InChI is InChI=1S/C10H8ClNO2/c1-6-9(12-10(13)14-6)7-4-2-3-5-8(7)11/h2-5,9H,1H2,(H,12,13). The molecule has 1 saturated heterocycles. The van der Waals surface area contributed by atoms with Gasteiger partial charge in [-0.25, -0.2) is 4.79 Å². The van der Waals surface area contributed by atoms with Crippen LogP contribution in [0.15, 0.2) is 36.6 Å². The lowest BCUT2D eigenvalue weighted by Crippen LogP contribution is -2.18. The van der Waals surface area contributed by atoms with Gasteiger partial charge in [0.05, 0.1) is 0 Å². The summed E-state index contributed by atoms with van der Waals surface area (Å²) in [7, 11) is 0. The minimum atomic E-state index is -0.486. The molecule has 1 fully saturated rings. The van der Waals surface area contributed by atoms with Crippen LogP contribution in [0.3, 0.4) is 0 Å². The molecule has 4 heteroatoms. The Morgan fingerprint density at radius 3 is 2.71 bits per heavy atom. The molecule has 72 valence electrons. The Labute approximate surface area is 86.3 Å². The van der Waals surface area contributed by atoms with Gasteiger partial charge in [0.25, 0.3) is 0 Å². The van der Waals surface area contributed by atoms with Gasteiger partial charge in [0.15, 0.2) is 0 Å². The van der Waals surface area contributed by atoms with Gasteiger partial charge in [-0.1, -0.05) is 36.4 Å². The van der Waals surface area contributed by atoms with Crippen molar-refractivity contribution in [2.75, 3.05) is 0 Å². The van der Waals surface area contributed by atoms with E-state index in [0.29, 0.717) is 10.8 Å². The van der Waals surface area contributed by atoms with E-state index in [2.05, 4.69) is 11.9 Å². The second kappa shape index (κ2) is 3.35. The topological polar surface area (TPSA) is 38.3 Å². The van der Waals surface area contributed by atoms with Gasteiger partial charge in [0.2, 0.25) is 0 Å². The summed E-state index contributed by atoms with van der Waals surface area (Å²) in [6.07, 6.45) is -0.486. The van der Waals surface area contributed by atoms with Crippen LogP contribution in [0, 0.1) is 0 Å². The van der Waals surface area contributed by atoms with Crippen molar-refractivity contribution in [3.05, 3.63) is 47.2 Å². The molecule has 1 aromatic carbocycles. The van der Waals surface area contributed by atoms with Crippen LogP contribution in [-0.4, -0.2) is 6.09 Å². The summed E-state index contributed by atoms with van der Waals surface area (Å²) in [5.41, 5.74) is 0.796. The lowest BCUT2D eigenvalue weighted by molar-refractivity contribution is 0.195. The molecule has 0 saturated carbocycles. The fraction of sp³-hybridized carbons (Fsp3) is 0.100. The van der Waals surface area contributed by atoms with Crippen LogP contribution in [0.1, 0.15) is 11.6 Å². The van der Waals surface area contributed by atoms with Crippen molar-refractivity contribution in [2.24, 2.45) is 0 Å². The quantitative estimate of drug-likeness (QED) is 0.772. The Kier molecular flexibility index (Phi) is 2.17. The summed E-state index contributed by atoms with van der Waals surface area (Å²) < 4.78 is 4.78. The first kappa shape index (κ1) is 9.09. The SMILES string of the molecule is C=C1OC(=O)NC1c1ccccc1Cl. The summed E-state index contributed by atoms with van der Waals surface area (Å²) in [4.78, 5) is 10.9. The molecule has 1 heterocycles. The number of carbonyl (C=O) groups is 1. The van der Waals surface area contributed by atoms with Crippen LogP contribution in [0.4, 0.5) is 4.79 Å². The number of nitrogens with one attached hydrogen (secondary N) is 1. The van der Waals surface area contributed by atoms with Crippen LogP contribution in [0.5, 0.6) is 0 Å². The maximum atomic E-state index is 10.9. The lowest BCUT2D eigenvalue weighted by atomic mass is 10.1. The second-order valence-electron chi connectivity index (χ2n) is 2.95. The highest BCUT2D eigenvalue weighted by atomic mass is 35.5. The van der Waals surface area contributed by atoms with Crippen LogP contribution in [0.2, 0.25) is 5.02 Å². The molecule has 1 aliphatic rings. The van der Waals surface area contributed by atoms with Gasteiger partial charge in [-0.3, -0.25) is 0 Å². The molecule has 0 spiro atoms. The number of carbonyl (C=O) groups excluding carboxylic acids is 1. The first-order chi connectivity index (χ1) is 6.68. The maximum absolute atomic E-state index is 10.9. The number of ether oxygens (including phenoxy) is 1. The Bertz CT molecular complexity index is 403. The Morgan fingerprint density at radius 2 is 2.14 bits per heavy atom.